The summed E-state index contributed by atoms with van der Waals surface area (Å²) < 4.78 is 16.2. The number of rotatable bonds is 12. The molecule has 0 amide bonds. The average molecular weight is 372 g/mol. The monoisotopic (exact) mass is 371 g/mol. The van der Waals surface area contributed by atoms with Crippen LogP contribution in [0.1, 0.15) is 19.8 Å². The van der Waals surface area contributed by atoms with Crippen LogP contribution in [0.25, 0.3) is 0 Å². The van der Waals surface area contributed by atoms with Crippen molar-refractivity contribution >= 4 is 17.6 Å². The number of nitrogens with one attached hydrogen (secondary N) is 2. The van der Waals surface area contributed by atoms with Gasteiger partial charge < -0.3 is 24.8 Å². The van der Waals surface area contributed by atoms with Gasteiger partial charge in [-0.15, -0.1) is 0 Å². The molecule has 0 bridgehead atoms. The van der Waals surface area contributed by atoms with E-state index in [2.05, 4.69) is 15.6 Å². The van der Waals surface area contributed by atoms with E-state index in [1.165, 1.54) is 0 Å². The lowest BCUT2D eigenvalue weighted by molar-refractivity contribution is 0.0689. The first-order valence-corrected chi connectivity index (χ1v) is 8.97. The molecule has 0 aliphatic heterocycles. The Hall–Kier alpha value is -1.50. The number of methoxy groups -OCH3 is 1. The fourth-order valence-electron chi connectivity index (χ4n) is 2.03. The molecule has 0 aliphatic rings. The number of aliphatic imine (C=N–C) groups is 1. The first kappa shape index (κ1) is 21.5. The fourth-order valence-corrected chi connectivity index (χ4v) is 2.15. The lowest BCUT2D eigenvalue weighted by Crippen LogP contribution is -2.42. The first-order chi connectivity index (χ1) is 12.2. The Balaban J connectivity index is 2.11. The van der Waals surface area contributed by atoms with Crippen molar-refractivity contribution < 1.29 is 14.2 Å². The van der Waals surface area contributed by atoms with Crippen LogP contribution in [0.3, 0.4) is 0 Å². The lowest BCUT2D eigenvalue weighted by atomic mass is 10.3. The van der Waals surface area contributed by atoms with E-state index < -0.39 is 0 Å². The minimum atomic E-state index is 0.00825. The number of ether oxygens (including phenoxy) is 3. The third-order valence-corrected chi connectivity index (χ3v) is 3.62. The van der Waals surface area contributed by atoms with E-state index in [-0.39, 0.29) is 6.10 Å². The number of hydrogen-bond donors (Lipinski definition) is 2. The predicted octanol–water partition coefficient (Wildman–Crippen LogP) is 2.72. The van der Waals surface area contributed by atoms with Gasteiger partial charge in [-0.2, -0.15) is 0 Å². The van der Waals surface area contributed by atoms with Gasteiger partial charge in [-0.1, -0.05) is 11.6 Å². The van der Waals surface area contributed by atoms with Gasteiger partial charge in [-0.05, 0) is 44.0 Å². The van der Waals surface area contributed by atoms with Crippen molar-refractivity contribution in [1.29, 1.82) is 0 Å². The van der Waals surface area contributed by atoms with E-state index in [4.69, 9.17) is 25.8 Å². The summed E-state index contributed by atoms with van der Waals surface area (Å²) in [5.41, 5.74) is 0. The van der Waals surface area contributed by atoms with Crippen LogP contribution in [0.2, 0.25) is 5.02 Å². The minimum absolute atomic E-state index is 0.00825. The number of guanidine groups is 1. The molecule has 142 valence electrons. The molecule has 1 aromatic carbocycles. The van der Waals surface area contributed by atoms with Crippen molar-refractivity contribution in [2.24, 2.45) is 4.99 Å². The van der Waals surface area contributed by atoms with E-state index in [1.54, 1.807) is 14.2 Å². The van der Waals surface area contributed by atoms with Crippen molar-refractivity contribution in [2.45, 2.75) is 25.9 Å². The normalized spacial score (nSPS) is 12.7. The van der Waals surface area contributed by atoms with Gasteiger partial charge in [-0.3, -0.25) is 4.99 Å². The smallest absolute Gasteiger partial charge is 0.191 e. The van der Waals surface area contributed by atoms with Gasteiger partial charge in [0.2, 0.25) is 0 Å². The van der Waals surface area contributed by atoms with Crippen molar-refractivity contribution in [3.05, 3.63) is 29.3 Å². The first-order valence-electron chi connectivity index (χ1n) is 8.59. The SMILES string of the molecule is CN=C(NCCCCOCCOC)NCC(C)Oc1ccc(Cl)cc1. The van der Waals surface area contributed by atoms with Gasteiger partial charge >= 0.3 is 0 Å². The zero-order chi connectivity index (χ0) is 18.3. The highest BCUT2D eigenvalue weighted by Gasteiger charge is 2.05. The Morgan fingerprint density at radius 1 is 1.12 bits per heavy atom. The second-order valence-electron chi connectivity index (χ2n) is 5.57. The Kier molecular flexibility index (Phi) is 11.9. The third kappa shape index (κ3) is 10.9. The number of benzene rings is 1. The third-order valence-electron chi connectivity index (χ3n) is 3.37. The largest absolute Gasteiger partial charge is 0.489 e. The standard InChI is InChI=1S/C18H30ClN3O3/c1-15(25-17-8-6-16(19)7-9-17)14-22-18(20-2)21-10-4-5-11-24-13-12-23-3/h6-9,15H,4-5,10-14H2,1-3H3,(H2,20,21,22). The molecular weight excluding hydrogens is 342 g/mol. The lowest BCUT2D eigenvalue weighted by Gasteiger charge is -2.17. The highest BCUT2D eigenvalue weighted by atomic mass is 35.5. The summed E-state index contributed by atoms with van der Waals surface area (Å²) in [5, 5.41) is 7.24. The van der Waals surface area contributed by atoms with Gasteiger partial charge in [0.25, 0.3) is 0 Å². The molecule has 25 heavy (non-hydrogen) atoms. The van der Waals surface area contributed by atoms with Crippen LogP contribution in [0.5, 0.6) is 5.75 Å². The zero-order valence-corrected chi connectivity index (χ0v) is 16.1. The molecule has 0 aliphatic carbocycles. The zero-order valence-electron chi connectivity index (χ0n) is 15.4. The van der Waals surface area contributed by atoms with Crippen molar-refractivity contribution in [3.8, 4) is 5.75 Å². The van der Waals surface area contributed by atoms with Crippen LogP contribution in [0.15, 0.2) is 29.3 Å². The van der Waals surface area contributed by atoms with Crippen LogP contribution < -0.4 is 15.4 Å². The Bertz CT molecular complexity index is 483. The van der Waals surface area contributed by atoms with E-state index >= 15 is 0 Å². The molecule has 0 radical (unpaired) electrons. The maximum atomic E-state index is 5.87. The second-order valence-corrected chi connectivity index (χ2v) is 6.01. The maximum absolute atomic E-state index is 5.87. The summed E-state index contributed by atoms with van der Waals surface area (Å²) in [6.07, 6.45) is 2.03. The molecule has 0 saturated carbocycles. The summed E-state index contributed by atoms with van der Waals surface area (Å²) in [6, 6.07) is 7.36. The summed E-state index contributed by atoms with van der Waals surface area (Å²) in [6.45, 7) is 5.56. The van der Waals surface area contributed by atoms with Crippen LogP contribution in [0, 0.1) is 0 Å². The second kappa shape index (κ2) is 13.8. The quantitative estimate of drug-likeness (QED) is 0.336. The van der Waals surface area contributed by atoms with Gasteiger partial charge in [0.15, 0.2) is 5.96 Å². The number of unbranched alkanes of at least 4 members (excludes halogenated alkanes) is 1. The molecule has 1 aromatic rings. The molecule has 1 rings (SSSR count). The van der Waals surface area contributed by atoms with E-state index in [0.717, 1.165) is 37.7 Å². The summed E-state index contributed by atoms with van der Waals surface area (Å²) in [7, 11) is 3.43. The van der Waals surface area contributed by atoms with Crippen LogP contribution in [0.4, 0.5) is 0 Å². The Labute approximate surface area is 155 Å². The topological polar surface area (TPSA) is 64.1 Å². The van der Waals surface area contributed by atoms with Crippen LogP contribution in [-0.2, 0) is 9.47 Å². The number of nitrogens with zero attached hydrogens (tertiary/aromatic N) is 1. The molecule has 1 atom stereocenters. The van der Waals surface area contributed by atoms with Gasteiger partial charge in [0, 0.05) is 32.3 Å². The van der Waals surface area contributed by atoms with Crippen LogP contribution >= 0.6 is 11.6 Å². The highest BCUT2D eigenvalue weighted by molar-refractivity contribution is 6.30. The number of hydrogen-bond acceptors (Lipinski definition) is 4. The molecule has 0 spiro atoms. The Morgan fingerprint density at radius 2 is 1.88 bits per heavy atom. The summed E-state index contributed by atoms with van der Waals surface area (Å²) in [4.78, 5) is 4.21. The van der Waals surface area contributed by atoms with Crippen molar-refractivity contribution in [3.63, 3.8) is 0 Å². The molecular formula is C18H30ClN3O3. The highest BCUT2D eigenvalue weighted by Crippen LogP contribution is 2.16. The molecule has 6 nitrogen and oxygen atoms in total. The fraction of sp³-hybridized carbons (Fsp3) is 0.611. The van der Waals surface area contributed by atoms with E-state index in [0.29, 0.717) is 24.8 Å². The van der Waals surface area contributed by atoms with Gasteiger partial charge in [-0.25, -0.2) is 0 Å². The van der Waals surface area contributed by atoms with Crippen molar-refractivity contribution in [1.82, 2.24) is 10.6 Å². The maximum Gasteiger partial charge on any atom is 0.191 e. The van der Waals surface area contributed by atoms with Gasteiger partial charge in [0.05, 0.1) is 19.8 Å². The van der Waals surface area contributed by atoms with Crippen molar-refractivity contribution in [2.75, 3.05) is 47.1 Å². The number of halogens is 1. The molecule has 1 unspecified atom stereocenters. The molecule has 2 N–H and O–H groups in total. The van der Waals surface area contributed by atoms with E-state index in [1.807, 2.05) is 31.2 Å². The average Bonchev–Trinajstić information content (AvgIpc) is 2.62. The molecule has 0 fully saturated rings. The molecule has 0 heterocycles. The molecule has 0 saturated heterocycles. The van der Waals surface area contributed by atoms with E-state index in [9.17, 15) is 0 Å². The summed E-state index contributed by atoms with van der Waals surface area (Å²) >= 11 is 5.87. The Morgan fingerprint density at radius 3 is 2.56 bits per heavy atom. The summed E-state index contributed by atoms with van der Waals surface area (Å²) in [5.74, 6) is 1.57. The van der Waals surface area contributed by atoms with Gasteiger partial charge in [0.1, 0.15) is 11.9 Å². The predicted molar refractivity (Wildman–Crippen MR) is 103 cm³/mol. The minimum Gasteiger partial charge on any atom is -0.489 e. The molecule has 0 aromatic heterocycles. The van der Waals surface area contributed by atoms with Crippen LogP contribution in [-0.4, -0.2) is 59.1 Å². The molecule has 7 heteroatoms.